The second-order valence-electron chi connectivity index (χ2n) is 9.44. The Morgan fingerprint density at radius 3 is 2.82 bits per heavy atom. The van der Waals surface area contributed by atoms with E-state index >= 15 is 0 Å². The second kappa shape index (κ2) is 12.4. The third kappa shape index (κ3) is 6.47. The number of benzene rings is 1. The average molecular weight is 592 g/mol. The molecule has 39 heavy (non-hydrogen) atoms. The average Bonchev–Trinajstić information content (AvgIpc) is 3.59. The monoisotopic (exact) mass is 591 g/mol. The van der Waals surface area contributed by atoms with E-state index in [4.69, 9.17) is 14.5 Å². The van der Waals surface area contributed by atoms with E-state index in [-0.39, 0.29) is 24.3 Å². The first kappa shape index (κ1) is 28.1. The number of fused-ring (bicyclic) bond motifs is 1. The van der Waals surface area contributed by atoms with Crippen LogP contribution in [0.5, 0.6) is 5.75 Å². The minimum atomic E-state index is -3.94. The van der Waals surface area contributed by atoms with Gasteiger partial charge in [0.15, 0.2) is 11.6 Å². The number of pyridine rings is 1. The Morgan fingerprint density at radius 2 is 2.08 bits per heavy atom. The third-order valence-electron chi connectivity index (χ3n) is 6.78. The fraction of sp³-hybridized carbons (Fsp3) is 0.500. The number of carbonyl (C=O) groups is 1. The van der Waals surface area contributed by atoms with Crippen molar-refractivity contribution in [1.29, 1.82) is 0 Å². The number of aliphatic imine (C=N–C) groups is 1. The third-order valence-corrected chi connectivity index (χ3v) is 10.7. The highest BCUT2D eigenvalue weighted by Gasteiger charge is 2.35. The Morgan fingerprint density at radius 1 is 1.26 bits per heavy atom. The first-order chi connectivity index (χ1) is 18.8. The SMILES string of the molecule is CCOC(=O)COc1cc2c(c(N(C)S(=O)(=O)c3ccccn3)c1)NC(C1=NCC(CN3CCSCC3)S1)C2. The van der Waals surface area contributed by atoms with Crippen LogP contribution in [-0.4, -0.2) is 98.6 Å². The molecule has 1 N–H and O–H groups in total. The predicted octanol–water partition coefficient (Wildman–Crippen LogP) is 2.75. The molecule has 0 spiro atoms. The number of anilines is 2. The molecular weight excluding hydrogens is 559 g/mol. The molecule has 1 aromatic heterocycles. The summed E-state index contributed by atoms with van der Waals surface area (Å²) in [5, 5.41) is 4.95. The Balaban J connectivity index is 1.37. The highest BCUT2D eigenvalue weighted by Crippen LogP contribution is 2.42. The van der Waals surface area contributed by atoms with Gasteiger partial charge >= 0.3 is 5.97 Å². The number of hydrogen-bond acceptors (Lipinski definition) is 11. The number of nitrogens with zero attached hydrogens (tertiary/aromatic N) is 4. The van der Waals surface area contributed by atoms with Crippen molar-refractivity contribution in [3.8, 4) is 5.75 Å². The van der Waals surface area contributed by atoms with Crippen molar-refractivity contribution in [3.05, 3.63) is 42.1 Å². The molecule has 2 atom stereocenters. The first-order valence-corrected chi connectivity index (χ1v) is 16.5. The van der Waals surface area contributed by atoms with Gasteiger partial charge in [-0.3, -0.25) is 9.30 Å². The van der Waals surface area contributed by atoms with Crippen LogP contribution in [0.15, 0.2) is 46.5 Å². The van der Waals surface area contributed by atoms with Gasteiger partial charge in [-0.2, -0.15) is 20.2 Å². The Bertz CT molecular complexity index is 1320. The summed E-state index contributed by atoms with van der Waals surface area (Å²) in [6.07, 6.45) is 2.09. The van der Waals surface area contributed by atoms with Gasteiger partial charge in [0.25, 0.3) is 10.0 Å². The summed E-state index contributed by atoms with van der Waals surface area (Å²) in [4.78, 5) is 23.4. The van der Waals surface area contributed by atoms with E-state index in [1.54, 1.807) is 25.1 Å². The largest absolute Gasteiger partial charge is 0.482 e. The standard InChI is InChI=1S/C26H33N5O5S3/c1-3-35-24(32)17-36-19-12-18-13-21(26-28-15-20(38-26)16-31-8-10-37-11-9-31)29-25(18)22(14-19)30(2)39(33,34)23-6-4-5-7-27-23/h4-7,12,14,20-21,29H,3,8-11,13,15-17H2,1-2H3. The molecule has 5 rings (SSSR count). The minimum Gasteiger partial charge on any atom is -0.482 e. The summed E-state index contributed by atoms with van der Waals surface area (Å²) in [5.41, 5.74) is 2.04. The normalized spacial score (nSPS) is 21.1. The van der Waals surface area contributed by atoms with Crippen molar-refractivity contribution < 1.29 is 22.7 Å². The van der Waals surface area contributed by atoms with E-state index < -0.39 is 16.0 Å². The molecule has 210 valence electrons. The molecule has 1 fully saturated rings. The highest BCUT2D eigenvalue weighted by molar-refractivity contribution is 8.15. The van der Waals surface area contributed by atoms with Crippen LogP contribution in [-0.2, 0) is 26.0 Å². The number of sulfonamides is 1. The Labute approximate surface area is 238 Å². The molecule has 1 saturated heterocycles. The van der Waals surface area contributed by atoms with Gasteiger partial charge in [-0.05, 0) is 30.7 Å². The summed E-state index contributed by atoms with van der Waals surface area (Å²) in [6.45, 7) is 5.78. The quantitative estimate of drug-likeness (QED) is 0.414. The van der Waals surface area contributed by atoms with Crippen molar-refractivity contribution >= 4 is 55.9 Å². The summed E-state index contributed by atoms with van der Waals surface area (Å²) in [7, 11) is -2.44. The summed E-state index contributed by atoms with van der Waals surface area (Å²) >= 11 is 3.83. The van der Waals surface area contributed by atoms with E-state index in [0.717, 1.165) is 36.8 Å². The van der Waals surface area contributed by atoms with Gasteiger partial charge < -0.3 is 19.7 Å². The lowest BCUT2D eigenvalue weighted by Crippen LogP contribution is -2.38. The van der Waals surface area contributed by atoms with Crippen molar-refractivity contribution in [3.63, 3.8) is 0 Å². The number of carbonyl (C=O) groups excluding carboxylic acids is 1. The van der Waals surface area contributed by atoms with Crippen LogP contribution in [0.4, 0.5) is 11.4 Å². The molecule has 4 heterocycles. The molecule has 0 saturated carbocycles. The molecular formula is C26H33N5O5S3. The fourth-order valence-corrected chi connectivity index (χ4v) is 8.16. The summed E-state index contributed by atoms with van der Waals surface area (Å²) < 4.78 is 38.8. The van der Waals surface area contributed by atoms with Gasteiger partial charge in [-0.1, -0.05) is 6.07 Å². The molecule has 2 unspecified atom stereocenters. The van der Waals surface area contributed by atoms with Crippen molar-refractivity contribution in [2.45, 2.75) is 29.7 Å². The van der Waals surface area contributed by atoms with E-state index in [1.807, 2.05) is 29.6 Å². The maximum atomic E-state index is 13.5. The number of ether oxygens (including phenoxy) is 2. The van der Waals surface area contributed by atoms with Crippen LogP contribution in [0.3, 0.4) is 0 Å². The molecule has 1 aromatic carbocycles. The lowest BCUT2D eigenvalue weighted by Gasteiger charge is -2.28. The number of esters is 1. The summed E-state index contributed by atoms with van der Waals surface area (Å²) in [6, 6.07) is 8.21. The lowest BCUT2D eigenvalue weighted by atomic mass is 10.1. The zero-order valence-corrected chi connectivity index (χ0v) is 24.5. The van der Waals surface area contributed by atoms with Gasteiger partial charge in [0.2, 0.25) is 0 Å². The fourth-order valence-electron chi connectivity index (χ4n) is 4.82. The number of aromatic nitrogens is 1. The molecule has 10 nitrogen and oxygen atoms in total. The molecule has 0 radical (unpaired) electrons. The van der Waals surface area contributed by atoms with E-state index in [2.05, 4.69) is 15.2 Å². The maximum absolute atomic E-state index is 13.5. The topological polar surface area (TPSA) is 113 Å². The smallest absolute Gasteiger partial charge is 0.344 e. The molecule has 2 aromatic rings. The number of rotatable bonds is 10. The van der Waals surface area contributed by atoms with E-state index in [1.165, 1.54) is 35.1 Å². The van der Waals surface area contributed by atoms with Crippen molar-refractivity contribution in [1.82, 2.24) is 9.88 Å². The van der Waals surface area contributed by atoms with Gasteiger partial charge in [0.05, 0.1) is 35.6 Å². The van der Waals surface area contributed by atoms with Crippen LogP contribution in [0.2, 0.25) is 0 Å². The molecule has 3 aliphatic heterocycles. The number of hydrogen-bond donors (Lipinski definition) is 1. The van der Waals surface area contributed by atoms with E-state index in [0.29, 0.717) is 28.8 Å². The molecule has 0 amide bonds. The molecule has 0 aliphatic carbocycles. The van der Waals surface area contributed by atoms with Gasteiger partial charge in [-0.25, -0.2) is 9.78 Å². The van der Waals surface area contributed by atoms with Gasteiger partial charge in [-0.15, -0.1) is 11.8 Å². The van der Waals surface area contributed by atoms with Crippen molar-refractivity contribution in [2.75, 3.05) is 67.6 Å². The van der Waals surface area contributed by atoms with Crippen LogP contribution in [0.25, 0.3) is 0 Å². The van der Waals surface area contributed by atoms with Gasteiger partial charge in [0, 0.05) is 62.1 Å². The summed E-state index contributed by atoms with van der Waals surface area (Å²) in [5.74, 6) is 2.27. The van der Waals surface area contributed by atoms with Crippen molar-refractivity contribution in [2.24, 2.45) is 4.99 Å². The van der Waals surface area contributed by atoms with Crippen LogP contribution in [0.1, 0.15) is 12.5 Å². The molecule has 13 heteroatoms. The molecule has 3 aliphatic rings. The zero-order valence-electron chi connectivity index (χ0n) is 22.0. The zero-order chi connectivity index (χ0) is 27.4. The highest BCUT2D eigenvalue weighted by atomic mass is 32.2. The molecule has 0 bridgehead atoms. The van der Waals surface area contributed by atoms with Gasteiger partial charge in [0.1, 0.15) is 5.75 Å². The lowest BCUT2D eigenvalue weighted by molar-refractivity contribution is -0.145. The predicted molar refractivity (Wildman–Crippen MR) is 157 cm³/mol. The Hall–Kier alpha value is -2.48. The first-order valence-electron chi connectivity index (χ1n) is 13.0. The van der Waals surface area contributed by atoms with Crippen LogP contribution in [0, 0.1) is 0 Å². The van der Waals surface area contributed by atoms with Crippen LogP contribution < -0.4 is 14.4 Å². The number of thioether (sulfide) groups is 2. The maximum Gasteiger partial charge on any atom is 0.344 e. The second-order valence-corrected chi connectivity index (χ2v) is 13.9. The number of nitrogens with one attached hydrogen (secondary N) is 1. The minimum absolute atomic E-state index is 0.0525. The Kier molecular flexibility index (Phi) is 8.89. The van der Waals surface area contributed by atoms with Crippen LogP contribution >= 0.6 is 23.5 Å². The van der Waals surface area contributed by atoms with E-state index in [9.17, 15) is 13.2 Å².